The fraction of sp³-hybridized carbons (Fsp3) is 0.185. The number of nitrogens with two attached hydrogens (primary N) is 1. The van der Waals surface area contributed by atoms with Crippen LogP contribution >= 0.6 is 0 Å². The lowest BCUT2D eigenvalue weighted by Gasteiger charge is -2.10. The minimum Gasteiger partial charge on any atom is -0.475 e. The number of allylic oxidation sites excluding steroid dienone is 1. The van der Waals surface area contributed by atoms with Crippen molar-refractivity contribution in [3.63, 3.8) is 0 Å². The van der Waals surface area contributed by atoms with Gasteiger partial charge < -0.3 is 16.3 Å². The number of hydrogen-bond donors (Lipinski definition) is 3. The predicted octanol–water partition coefficient (Wildman–Crippen LogP) is 4.68. The first-order chi connectivity index (χ1) is 17.6. The Labute approximate surface area is 211 Å². The molecule has 1 aliphatic rings. The number of carbonyl (C=O) groups excluding carboxylic acids is 1. The van der Waals surface area contributed by atoms with Crippen LogP contribution in [0.25, 0.3) is 16.7 Å². The van der Waals surface area contributed by atoms with E-state index < -0.39 is 12.1 Å². The van der Waals surface area contributed by atoms with Gasteiger partial charge in [-0.15, -0.1) is 0 Å². The predicted molar refractivity (Wildman–Crippen MR) is 134 cm³/mol. The Balaban J connectivity index is 0.000000479. The molecule has 4 rings (SSSR count). The summed E-state index contributed by atoms with van der Waals surface area (Å²) < 4.78 is 33.8. The molecule has 1 amide bonds. The second-order valence-corrected chi connectivity index (χ2v) is 8.31. The average molecular weight is 512 g/mol. The summed E-state index contributed by atoms with van der Waals surface area (Å²) in [7, 11) is 2.00. The topological polar surface area (TPSA) is 109 Å². The molecule has 3 aromatic rings. The number of amides is 1. The maximum atomic E-state index is 13.0. The van der Waals surface area contributed by atoms with Gasteiger partial charge in [-0.25, -0.2) is 9.36 Å². The van der Waals surface area contributed by atoms with E-state index in [0.29, 0.717) is 0 Å². The van der Waals surface area contributed by atoms with Gasteiger partial charge in [-0.1, -0.05) is 30.3 Å². The van der Waals surface area contributed by atoms with E-state index in [4.69, 9.17) is 15.7 Å². The van der Waals surface area contributed by atoms with Crippen molar-refractivity contribution in [2.75, 3.05) is 5.32 Å². The van der Waals surface area contributed by atoms with Crippen molar-refractivity contribution in [2.24, 2.45) is 18.0 Å². The van der Waals surface area contributed by atoms with Gasteiger partial charge in [0.2, 0.25) is 0 Å². The Bertz CT molecular complexity index is 1330. The molecule has 7 nitrogen and oxygen atoms in total. The maximum absolute atomic E-state index is 13.0. The molecule has 0 saturated carbocycles. The van der Waals surface area contributed by atoms with Crippen LogP contribution in [0, 0.1) is 0 Å². The van der Waals surface area contributed by atoms with Crippen LogP contribution in [0.1, 0.15) is 30.4 Å². The summed E-state index contributed by atoms with van der Waals surface area (Å²) in [5.74, 6) is 2.49. The SMILES string of the molecule is C[n+]1cccc(-c2ccc(NC(=O)C3=C(c4cccc(C=NN)c4)CCC3)cc2)c1.O=C(O)C(F)(F)F. The first-order valence-corrected chi connectivity index (χ1v) is 11.3. The van der Waals surface area contributed by atoms with E-state index in [9.17, 15) is 18.0 Å². The highest BCUT2D eigenvalue weighted by Gasteiger charge is 2.38. The third-order valence-corrected chi connectivity index (χ3v) is 5.61. The number of aliphatic carboxylic acids is 1. The fourth-order valence-electron chi connectivity index (χ4n) is 3.92. The van der Waals surface area contributed by atoms with Gasteiger partial charge in [-0.3, -0.25) is 4.79 Å². The van der Waals surface area contributed by atoms with E-state index in [0.717, 1.165) is 58.3 Å². The number of carbonyl (C=O) groups is 2. The highest BCUT2D eigenvalue weighted by atomic mass is 19.4. The van der Waals surface area contributed by atoms with Gasteiger partial charge >= 0.3 is 12.1 Å². The number of hydrogen-bond acceptors (Lipinski definition) is 4. The van der Waals surface area contributed by atoms with Crippen LogP contribution in [0.2, 0.25) is 0 Å². The van der Waals surface area contributed by atoms with Crippen LogP contribution in [-0.2, 0) is 16.6 Å². The molecule has 37 heavy (non-hydrogen) atoms. The van der Waals surface area contributed by atoms with Crippen LogP contribution in [0.4, 0.5) is 18.9 Å². The number of anilines is 1. The van der Waals surface area contributed by atoms with Gasteiger partial charge in [0.1, 0.15) is 7.05 Å². The van der Waals surface area contributed by atoms with Crippen molar-refractivity contribution < 1.29 is 32.4 Å². The van der Waals surface area contributed by atoms with E-state index in [1.165, 1.54) is 0 Å². The first kappa shape index (κ1) is 27.1. The standard InChI is InChI=1S/C25H24N4O.C2HF3O2/c1-29-14-4-7-21(17-29)19-10-12-22(13-11-19)28-25(30)24-9-3-8-23(24)20-6-2-5-18(15-20)16-27-26;3-2(4,5)1(6)7/h2,4-7,10-17H,3,8-9,26H2,1H3;(H,6,7)/p+1. The van der Waals surface area contributed by atoms with Crippen molar-refractivity contribution in [1.82, 2.24) is 0 Å². The lowest BCUT2D eigenvalue weighted by atomic mass is 9.99. The number of aromatic nitrogens is 1. The normalized spacial score (nSPS) is 13.3. The maximum Gasteiger partial charge on any atom is 0.490 e. The van der Waals surface area contributed by atoms with E-state index in [-0.39, 0.29) is 5.91 Å². The third kappa shape index (κ3) is 7.50. The summed E-state index contributed by atoms with van der Waals surface area (Å²) in [6.07, 6.45) is 3.28. The minimum atomic E-state index is -5.08. The van der Waals surface area contributed by atoms with Gasteiger partial charge in [-0.05, 0) is 65.8 Å². The third-order valence-electron chi connectivity index (χ3n) is 5.61. The molecule has 0 spiro atoms. The number of pyridine rings is 1. The Hall–Kier alpha value is -4.47. The van der Waals surface area contributed by atoms with Crippen LogP contribution in [0.5, 0.6) is 0 Å². The zero-order valence-electron chi connectivity index (χ0n) is 20.0. The van der Waals surface area contributed by atoms with Crippen molar-refractivity contribution in [2.45, 2.75) is 25.4 Å². The van der Waals surface area contributed by atoms with Crippen molar-refractivity contribution in [3.8, 4) is 11.1 Å². The number of halogens is 3. The second kappa shape index (κ2) is 12.0. The number of carboxylic acids is 1. The number of alkyl halides is 3. The lowest BCUT2D eigenvalue weighted by molar-refractivity contribution is -0.671. The highest BCUT2D eigenvalue weighted by molar-refractivity contribution is 6.09. The molecule has 1 aliphatic carbocycles. The number of nitrogens with zero attached hydrogens (tertiary/aromatic N) is 2. The fourth-order valence-corrected chi connectivity index (χ4v) is 3.92. The molecule has 0 fully saturated rings. The summed E-state index contributed by atoms with van der Waals surface area (Å²) >= 11 is 0. The van der Waals surface area contributed by atoms with E-state index in [1.54, 1.807) is 6.21 Å². The van der Waals surface area contributed by atoms with Gasteiger partial charge in [-0.2, -0.15) is 18.3 Å². The largest absolute Gasteiger partial charge is 0.490 e. The second-order valence-electron chi connectivity index (χ2n) is 8.31. The number of benzene rings is 2. The van der Waals surface area contributed by atoms with E-state index >= 15 is 0 Å². The summed E-state index contributed by atoms with van der Waals surface area (Å²) in [5, 5.41) is 13.8. The van der Waals surface area contributed by atoms with E-state index in [1.807, 2.05) is 72.4 Å². The van der Waals surface area contributed by atoms with Crippen LogP contribution < -0.4 is 15.7 Å². The van der Waals surface area contributed by atoms with Crippen LogP contribution in [0.3, 0.4) is 0 Å². The van der Waals surface area contributed by atoms with Gasteiger partial charge in [0.25, 0.3) is 5.91 Å². The summed E-state index contributed by atoms with van der Waals surface area (Å²) in [5.41, 5.74) is 7.00. The van der Waals surface area contributed by atoms with Crippen LogP contribution in [-0.4, -0.2) is 29.4 Å². The number of aryl methyl sites for hydroxylation is 1. The molecular formula is C27H26F3N4O3+. The molecule has 1 heterocycles. The molecule has 0 radical (unpaired) electrons. The lowest BCUT2D eigenvalue weighted by Crippen LogP contribution is -2.26. The van der Waals surface area contributed by atoms with Crippen molar-refractivity contribution in [3.05, 3.63) is 89.8 Å². The number of hydrazone groups is 1. The number of nitrogens with one attached hydrogen (secondary N) is 1. The quantitative estimate of drug-likeness (QED) is 0.200. The molecule has 1 aromatic heterocycles. The summed E-state index contributed by atoms with van der Waals surface area (Å²) in [6.45, 7) is 0. The molecule has 2 aromatic carbocycles. The number of carboxylic acid groups (broad SMARTS) is 1. The molecule has 0 aliphatic heterocycles. The number of rotatable bonds is 5. The molecule has 4 N–H and O–H groups in total. The van der Waals surface area contributed by atoms with Crippen molar-refractivity contribution >= 4 is 29.4 Å². The minimum absolute atomic E-state index is 0.0285. The Morgan fingerprint density at radius 1 is 1.03 bits per heavy atom. The highest BCUT2D eigenvalue weighted by Crippen LogP contribution is 2.35. The van der Waals surface area contributed by atoms with E-state index in [2.05, 4.69) is 22.7 Å². The summed E-state index contributed by atoms with van der Waals surface area (Å²) in [6, 6.07) is 20.0. The zero-order chi connectivity index (χ0) is 27.0. The van der Waals surface area contributed by atoms with Crippen molar-refractivity contribution in [1.29, 1.82) is 0 Å². The molecule has 10 heteroatoms. The molecule has 0 bridgehead atoms. The molecule has 0 unspecified atom stereocenters. The van der Waals surface area contributed by atoms with Gasteiger partial charge in [0.15, 0.2) is 12.4 Å². The summed E-state index contributed by atoms with van der Waals surface area (Å²) in [4.78, 5) is 21.9. The molecule has 0 saturated heterocycles. The average Bonchev–Trinajstić information content (AvgIpc) is 3.35. The Morgan fingerprint density at radius 2 is 1.70 bits per heavy atom. The molecular weight excluding hydrogens is 485 g/mol. The Kier molecular flexibility index (Phi) is 8.78. The smallest absolute Gasteiger partial charge is 0.475 e. The first-order valence-electron chi connectivity index (χ1n) is 11.3. The monoisotopic (exact) mass is 511 g/mol. The Morgan fingerprint density at radius 3 is 2.32 bits per heavy atom. The zero-order valence-corrected chi connectivity index (χ0v) is 20.0. The molecule has 0 atom stereocenters. The van der Waals surface area contributed by atoms with Gasteiger partial charge in [0, 0.05) is 22.9 Å². The van der Waals surface area contributed by atoms with Crippen LogP contribution in [0.15, 0.2) is 83.7 Å². The molecule has 192 valence electrons. The van der Waals surface area contributed by atoms with Gasteiger partial charge in [0.05, 0.1) is 6.21 Å².